The van der Waals surface area contributed by atoms with Crippen LogP contribution in [0.4, 0.5) is 21.7 Å². The molecule has 31 heavy (non-hydrogen) atoms. The van der Waals surface area contributed by atoms with Gasteiger partial charge in [-0.1, -0.05) is 18.5 Å². The van der Waals surface area contributed by atoms with Gasteiger partial charge in [-0.3, -0.25) is 0 Å². The van der Waals surface area contributed by atoms with Crippen molar-refractivity contribution in [3.63, 3.8) is 0 Å². The van der Waals surface area contributed by atoms with E-state index in [1.807, 2.05) is 6.92 Å². The molecule has 3 aromatic rings. The van der Waals surface area contributed by atoms with E-state index in [9.17, 15) is 14.8 Å². The molecule has 0 unspecified atom stereocenters. The van der Waals surface area contributed by atoms with Crippen LogP contribution in [0.15, 0.2) is 30.6 Å². The second-order valence-electron chi connectivity index (χ2n) is 7.36. The smallest absolute Gasteiger partial charge is 0.237 e. The van der Waals surface area contributed by atoms with Crippen molar-refractivity contribution in [2.75, 3.05) is 30.9 Å². The van der Waals surface area contributed by atoms with Crippen LogP contribution in [0.1, 0.15) is 18.1 Å². The topological polar surface area (TPSA) is 116 Å². The van der Waals surface area contributed by atoms with E-state index in [1.54, 1.807) is 18.2 Å². The van der Waals surface area contributed by atoms with Gasteiger partial charge in [0, 0.05) is 23.7 Å². The molecule has 1 aliphatic heterocycles. The molecule has 1 aliphatic rings. The molecule has 0 bridgehead atoms. The number of nitrogens with one attached hydrogen (secondary N) is 2. The quantitative estimate of drug-likeness (QED) is 0.550. The number of fused-ring (bicyclic) bond motifs is 1. The van der Waals surface area contributed by atoms with Gasteiger partial charge in [0.25, 0.3) is 0 Å². The van der Waals surface area contributed by atoms with Crippen LogP contribution in [0.3, 0.4) is 0 Å². The number of hydrogen-bond donors (Lipinski definition) is 3. The SMILES string of the molecule is COc1ncc(Cl)cc1Nc1ncc(F)c(-c2cc(C#N)c3c(c2)[C@@](C)(CO)CN3)n1. The van der Waals surface area contributed by atoms with E-state index in [0.717, 1.165) is 11.8 Å². The van der Waals surface area contributed by atoms with Crippen LogP contribution >= 0.6 is 11.6 Å². The number of aromatic nitrogens is 3. The minimum absolute atomic E-state index is 0.0120. The summed E-state index contributed by atoms with van der Waals surface area (Å²) in [5.41, 5.74) is 1.95. The van der Waals surface area contributed by atoms with Gasteiger partial charge in [-0.2, -0.15) is 5.26 Å². The molecular formula is C21H18ClFN6O2. The highest BCUT2D eigenvalue weighted by Gasteiger charge is 2.36. The molecular weight excluding hydrogens is 423 g/mol. The predicted octanol–water partition coefficient (Wildman–Crippen LogP) is 3.63. The molecule has 3 N–H and O–H groups in total. The van der Waals surface area contributed by atoms with Gasteiger partial charge in [0.2, 0.25) is 11.8 Å². The fraction of sp³-hybridized carbons (Fsp3) is 0.238. The third-order valence-corrected chi connectivity index (χ3v) is 5.40. The lowest BCUT2D eigenvalue weighted by Crippen LogP contribution is -2.28. The summed E-state index contributed by atoms with van der Waals surface area (Å²) in [6, 6.07) is 7.01. The first-order valence-electron chi connectivity index (χ1n) is 9.31. The molecule has 4 rings (SSSR count). The number of methoxy groups -OCH3 is 1. The Morgan fingerprint density at radius 3 is 2.87 bits per heavy atom. The summed E-state index contributed by atoms with van der Waals surface area (Å²) in [6.07, 6.45) is 2.47. The molecule has 0 spiro atoms. The molecule has 158 valence electrons. The number of nitrogens with zero attached hydrogens (tertiary/aromatic N) is 4. The molecule has 0 aliphatic carbocycles. The number of pyridine rings is 1. The van der Waals surface area contributed by atoms with Gasteiger partial charge in [0.05, 0.1) is 36.2 Å². The Kier molecular flexibility index (Phi) is 5.35. The van der Waals surface area contributed by atoms with E-state index in [4.69, 9.17) is 16.3 Å². The Labute approximate surface area is 182 Å². The summed E-state index contributed by atoms with van der Waals surface area (Å²) in [4.78, 5) is 12.4. The van der Waals surface area contributed by atoms with Gasteiger partial charge in [0.1, 0.15) is 17.5 Å². The number of ether oxygens (including phenoxy) is 1. The summed E-state index contributed by atoms with van der Waals surface area (Å²) in [7, 11) is 1.46. The standard InChI is InChI=1S/C21H18ClFN6O2/c1-21(10-30)9-27-17-12(6-24)3-11(4-14(17)21)18-15(23)8-26-20(29-18)28-16-5-13(22)7-25-19(16)31-2/h3-5,7-8,27,30H,9-10H2,1-2H3,(H,26,28,29)/t21-/m1/s1. The van der Waals surface area contributed by atoms with Gasteiger partial charge in [-0.05, 0) is 23.8 Å². The summed E-state index contributed by atoms with van der Waals surface area (Å²) in [5, 5.41) is 25.9. The summed E-state index contributed by atoms with van der Waals surface area (Å²) < 4.78 is 19.9. The van der Waals surface area contributed by atoms with Crippen LogP contribution in [0, 0.1) is 17.1 Å². The molecule has 0 saturated carbocycles. The first-order chi connectivity index (χ1) is 14.9. The molecule has 0 radical (unpaired) electrons. The minimum atomic E-state index is -0.651. The Bertz CT molecular complexity index is 1220. The number of aliphatic hydroxyl groups is 1. The van der Waals surface area contributed by atoms with Crippen molar-refractivity contribution in [1.29, 1.82) is 5.26 Å². The zero-order chi connectivity index (χ0) is 22.2. The third-order valence-electron chi connectivity index (χ3n) is 5.19. The first kappa shape index (κ1) is 20.8. The second kappa shape index (κ2) is 7.98. The van der Waals surface area contributed by atoms with Crippen molar-refractivity contribution >= 4 is 28.9 Å². The van der Waals surface area contributed by atoms with Crippen molar-refractivity contribution in [2.24, 2.45) is 0 Å². The Balaban J connectivity index is 1.79. The van der Waals surface area contributed by atoms with Crippen molar-refractivity contribution in [3.8, 4) is 23.2 Å². The maximum Gasteiger partial charge on any atom is 0.237 e. The largest absolute Gasteiger partial charge is 0.480 e. The van der Waals surface area contributed by atoms with Crippen LogP contribution in [0.25, 0.3) is 11.3 Å². The lowest BCUT2D eigenvalue weighted by molar-refractivity contribution is 0.219. The van der Waals surface area contributed by atoms with E-state index in [2.05, 4.69) is 31.7 Å². The third kappa shape index (κ3) is 3.71. The lowest BCUT2D eigenvalue weighted by Gasteiger charge is -2.21. The minimum Gasteiger partial charge on any atom is -0.480 e. The molecule has 10 heteroatoms. The number of anilines is 3. The average molecular weight is 441 g/mol. The van der Waals surface area contributed by atoms with E-state index >= 15 is 0 Å². The maximum absolute atomic E-state index is 14.7. The summed E-state index contributed by atoms with van der Waals surface area (Å²) >= 11 is 6.00. The molecule has 3 heterocycles. The number of hydrogen-bond acceptors (Lipinski definition) is 8. The van der Waals surface area contributed by atoms with Gasteiger partial charge in [0.15, 0.2) is 5.82 Å². The lowest BCUT2D eigenvalue weighted by atomic mass is 9.83. The van der Waals surface area contributed by atoms with Crippen LogP contribution in [0.5, 0.6) is 5.88 Å². The predicted molar refractivity (Wildman–Crippen MR) is 114 cm³/mol. The molecule has 0 amide bonds. The highest BCUT2D eigenvalue weighted by molar-refractivity contribution is 6.30. The fourth-order valence-corrected chi connectivity index (χ4v) is 3.64. The second-order valence-corrected chi connectivity index (χ2v) is 7.79. The number of benzene rings is 1. The molecule has 1 aromatic carbocycles. The average Bonchev–Trinajstić information content (AvgIpc) is 3.12. The van der Waals surface area contributed by atoms with E-state index in [-0.39, 0.29) is 24.1 Å². The van der Waals surface area contributed by atoms with E-state index in [1.165, 1.54) is 13.3 Å². The van der Waals surface area contributed by atoms with Crippen molar-refractivity contribution in [2.45, 2.75) is 12.3 Å². The molecule has 8 nitrogen and oxygen atoms in total. The molecule has 0 fully saturated rings. The highest BCUT2D eigenvalue weighted by Crippen LogP contribution is 2.41. The number of aliphatic hydroxyl groups excluding tert-OH is 1. The Morgan fingerprint density at radius 2 is 2.16 bits per heavy atom. The van der Waals surface area contributed by atoms with Crippen LogP contribution in [0.2, 0.25) is 5.02 Å². The van der Waals surface area contributed by atoms with Crippen LogP contribution in [-0.2, 0) is 5.41 Å². The van der Waals surface area contributed by atoms with Gasteiger partial charge >= 0.3 is 0 Å². The van der Waals surface area contributed by atoms with Gasteiger partial charge < -0.3 is 20.5 Å². The summed E-state index contributed by atoms with van der Waals surface area (Å²) in [6.45, 7) is 2.22. The monoisotopic (exact) mass is 440 g/mol. The summed E-state index contributed by atoms with van der Waals surface area (Å²) in [5.74, 6) is -0.281. The van der Waals surface area contributed by atoms with Crippen molar-refractivity contribution in [3.05, 3.63) is 52.6 Å². The Hall–Kier alpha value is -3.48. The zero-order valence-corrected chi connectivity index (χ0v) is 17.5. The normalized spacial score (nSPS) is 16.9. The number of rotatable bonds is 5. The highest BCUT2D eigenvalue weighted by atomic mass is 35.5. The van der Waals surface area contributed by atoms with Crippen molar-refractivity contribution in [1.82, 2.24) is 15.0 Å². The number of nitriles is 1. The van der Waals surface area contributed by atoms with E-state index in [0.29, 0.717) is 34.1 Å². The van der Waals surface area contributed by atoms with Gasteiger partial charge in [-0.25, -0.2) is 19.3 Å². The number of halogens is 2. The Morgan fingerprint density at radius 1 is 1.35 bits per heavy atom. The molecule has 1 atom stereocenters. The van der Waals surface area contributed by atoms with Gasteiger partial charge in [-0.15, -0.1) is 0 Å². The van der Waals surface area contributed by atoms with E-state index < -0.39 is 11.2 Å². The van der Waals surface area contributed by atoms with Crippen molar-refractivity contribution < 1.29 is 14.2 Å². The van der Waals surface area contributed by atoms with Crippen LogP contribution in [-0.4, -0.2) is 40.3 Å². The first-order valence-corrected chi connectivity index (χ1v) is 9.69. The van der Waals surface area contributed by atoms with Crippen LogP contribution < -0.4 is 15.4 Å². The molecule has 0 saturated heterocycles. The fourth-order valence-electron chi connectivity index (χ4n) is 3.48. The zero-order valence-electron chi connectivity index (χ0n) is 16.7. The molecule has 2 aromatic heterocycles. The maximum atomic E-state index is 14.7.